The van der Waals surface area contributed by atoms with Crippen LogP contribution in [0.15, 0.2) is 48.6 Å². The number of amides is 1. The Balaban J connectivity index is 3.92. The first kappa shape index (κ1) is 91.5. The molecule has 8 nitrogen and oxygen atoms in total. The van der Waals surface area contributed by atoms with Crippen molar-refractivity contribution in [3.8, 4) is 0 Å². The molecule has 0 saturated carbocycles. The molecule has 0 spiro atoms. The number of carbonyl (C=O) groups excluding carboxylic acids is 1. The van der Waals surface area contributed by atoms with E-state index in [2.05, 4.69) is 55.6 Å². The van der Waals surface area contributed by atoms with E-state index in [0.29, 0.717) is 17.4 Å². The molecule has 0 saturated heterocycles. The van der Waals surface area contributed by atoms with Crippen LogP contribution in [0, 0.1) is 0 Å². The maximum Gasteiger partial charge on any atom is 0.472 e. The van der Waals surface area contributed by atoms with Gasteiger partial charge in [0, 0.05) is 6.42 Å². The highest BCUT2D eigenvalue weighted by molar-refractivity contribution is 7.47. The number of aliphatic hydroxyl groups excluding tert-OH is 1. The number of hydrogen-bond acceptors (Lipinski definition) is 5. The van der Waals surface area contributed by atoms with Gasteiger partial charge in [0.15, 0.2) is 0 Å². The normalized spacial score (nSPS) is 13.7. The summed E-state index contributed by atoms with van der Waals surface area (Å²) in [5.41, 5.74) is 0. The van der Waals surface area contributed by atoms with Crippen LogP contribution in [0.4, 0.5) is 0 Å². The monoisotopic (exact) mass is 1330 g/mol. The van der Waals surface area contributed by atoms with E-state index in [0.717, 1.165) is 44.9 Å². The van der Waals surface area contributed by atoms with Crippen molar-refractivity contribution in [3.63, 3.8) is 0 Å². The molecule has 0 aromatic heterocycles. The third kappa shape index (κ3) is 77.7. The standard InChI is InChI=1S/C84H163N2O6P/c1-6-8-10-12-14-16-18-20-22-24-26-28-30-32-34-36-38-39-40-41-42-43-44-45-46-47-48-50-52-54-56-58-60-62-64-66-68-70-72-74-76-78-84(88)85-82(81-92-93(89,90)91-80-79-86(3,4)5)83(87)77-75-73-71-69-67-65-63-61-59-57-55-53-51-49-37-35-33-31-29-27-25-23-21-19-17-15-13-11-9-7-2/h18,20,24,26,67,69,75,77,82-83,87H,6-17,19,21-23,25,27-66,68,70-74,76,78-81H2,1-5H3,(H-,85,88,89,90)/p+1/b20-18-,26-24-,69-67+,77-75+. The molecule has 3 unspecified atom stereocenters. The van der Waals surface area contributed by atoms with Crippen LogP contribution in [-0.4, -0.2) is 73.4 Å². The van der Waals surface area contributed by atoms with Gasteiger partial charge in [-0.05, 0) is 64.2 Å². The molecule has 1 amide bonds. The number of likely N-dealkylation sites (N-methyl/N-ethyl adjacent to an activating group) is 1. The zero-order chi connectivity index (χ0) is 67.6. The molecule has 0 heterocycles. The van der Waals surface area contributed by atoms with Crippen LogP contribution in [0.1, 0.15) is 431 Å². The van der Waals surface area contributed by atoms with E-state index in [-0.39, 0.29) is 19.1 Å². The molecule has 0 radical (unpaired) electrons. The van der Waals surface area contributed by atoms with Gasteiger partial charge in [-0.3, -0.25) is 13.8 Å². The van der Waals surface area contributed by atoms with E-state index >= 15 is 0 Å². The number of nitrogens with zero attached hydrogens (tertiary/aromatic N) is 1. The van der Waals surface area contributed by atoms with Crippen molar-refractivity contribution in [1.29, 1.82) is 0 Å². The number of quaternary nitrogens is 1. The number of hydrogen-bond donors (Lipinski definition) is 3. The summed E-state index contributed by atoms with van der Waals surface area (Å²) in [7, 11) is 1.58. The summed E-state index contributed by atoms with van der Waals surface area (Å²) in [5.74, 6) is -0.177. The highest BCUT2D eigenvalue weighted by atomic mass is 31.2. The topological polar surface area (TPSA) is 105 Å². The maximum atomic E-state index is 13.1. The smallest absolute Gasteiger partial charge is 0.387 e. The Hall–Kier alpha value is -1.54. The summed E-state index contributed by atoms with van der Waals surface area (Å²) in [6.45, 7) is 4.85. The quantitative estimate of drug-likeness (QED) is 0.0243. The van der Waals surface area contributed by atoms with Crippen LogP contribution >= 0.6 is 7.82 Å². The van der Waals surface area contributed by atoms with Crippen molar-refractivity contribution in [2.24, 2.45) is 0 Å². The molecule has 3 N–H and O–H groups in total. The molecule has 0 bridgehead atoms. The van der Waals surface area contributed by atoms with Crippen molar-refractivity contribution in [3.05, 3.63) is 48.6 Å². The highest BCUT2D eigenvalue weighted by Gasteiger charge is 2.28. The van der Waals surface area contributed by atoms with Gasteiger partial charge in [-0.1, -0.05) is 409 Å². The van der Waals surface area contributed by atoms with E-state index in [1.807, 2.05) is 27.2 Å². The molecule has 0 aromatic rings. The van der Waals surface area contributed by atoms with Crippen LogP contribution in [-0.2, 0) is 18.4 Å². The second kappa shape index (κ2) is 74.7. The number of nitrogens with one attached hydrogen (secondary N) is 1. The van der Waals surface area contributed by atoms with Crippen molar-refractivity contribution in [2.75, 3.05) is 40.9 Å². The Morgan fingerprint density at radius 1 is 0.366 bits per heavy atom. The van der Waals surface area contributed by atoms with Gasteiger partial charge < -0.3 is 19.8 Å². The Kier molecular flexibility index (Phi) is 73.4. The number of phosphoric acid groups is 1. The van der Waals surface area contributed by atoms with E-state index < -0.39 is 20.0 Å². The largest absolute Gasteiger partial charge is 0.472 e. The van der Waals surface area contributed by atoms with Gasteiger partial charge in [-0.25, -0.2) is 4.57 Å². The predicted molar refractivity (Wildman–Crippen MR) is 411 cm³/mol. The number of rotatable bonds is 78. The Labute approximate surface area is 581 Å². The molecule has 0 aliphatic heterocycles. The fourth-order valence-corrected chi connectivity index (χ4v) is 13.6. The van der Waals surface area contributed by atoms with E-state index in [1.54, 1.807) is 6.08 Å². The first-order valence-electron chi connectivity index (χ1n) is 41.5. The fourth-order valence-electron chi connectivity index (χ4n) is 12.9. The first-order valence-corrected chi connectivity index (χ1v) is 43.0. The lowest BCUT2D eigenvalue weighted by Crippen LogP contribution is -2.45. The number of phosphoric ester groups is 1. The first-order chi connectivity index (χ1) is 45.5. The Morgan fingerprint density at radius 2 is 0.624 bits per heavy atom. The second-order valence-electron chi connectivity index (χ2n) is 29.8. The summed E-state index contributed by atoms with van der Waals surface area (Å²) in [4.78, 5) is 23.5. The third-order valence-electron chi connectivity index (χ3n) is 19.3. The molecule has 9 heteroatoms. The van der Waals surface area contributed by atoms with Gasteiger partial charge in [0.1, 0.15) is 13.2 Å². The van der Waals surface area contributed by atoms with E-state index in [1.165, 1.54) is 366 Å². The average molecular weight is 1330 g/mol. The van der Waals surface area contributed by atoms with E-state index in [9.17, 15) is 19.4 Å². The summed E-state index contributed by atoms with van der Waals surface area (Å²) in [5, 5.41) is 14.0. The summed E-state index contributed by atoms with van der Waals surface area (Å²) in [6, 6.07) is -0.864. The van der Waals surface area contributed by atoms with Crippen molar-refractivity contribution < 1.29 is 32.9 Å². The lowest BCUT2D eigenvalue weighted by Gasteiger charge is -2.25. The lowest BCUT2D eigenvalue weighted by atomic mass is 10.0. The van der Waals surface area contributed by atoms with Gasteiger partial charge in [0.25, 0.3) is 0 Å². The molecule has 0 rings (SSSR count). The van der Waals surface area contributed by atoms with Crippen LogP contribution in [0.2, 0.25) is 0 Å². The number of allylic oxidation sites excluding steroid dienone is 7. The predicted octanol–water partition coefficient (Wildman–Crippen LogP) is 27.3. The second-order valence-corrected chi connectivity index (χ2v) is 31.3. The molecular weight excluding hydrogens is 1160 g/mol. The van der Waals surface area contributed by atoms with Crippen LogP contribution in [0.5, 0.6) is 0 Å². The van der Waals surface area contributed by atoms with Crippen LogP contribution in [0.25, 0.3) is 0 Å². The third-order valence-corrected chi connectivity index (χ3v) is 20.3. The molecule has 0 aromatic carbocycles. The van der Waals surface area contributed by atoms with Gasteiger partial charge in [0.05, 0.1) is 39.9 Å². The van der Waals surface area contributed by atoms with Crippen molar-refractivity contribution in [1.82, 2.24) is 5.32 Å². The van der Waals surface area contributed by atoms with Crippen molar-refractivity contribution >= 4 is 13.7 Å². The fraction of sp³-hybridized carbons (Fsp3) is 0.893. The minimum atomic E-state index is -4.37. The zero-order valence-corrected chi connectivity index (χ0v) is 64.2. The van der Waals surface area contributed by atoms with Gasteiger partial charge in [-0.2, -0.15) is 0 Å². The Morgan fingerprint density at radius 3 is 0.925 bits per heavy atom. The molecule has 93 heavy (non-hydrogen) atoms. The van der Waals surface area contributed by atoms with Gasteiger partial charge in [-0.15, -0.1) is 0 Å². The van der Waals surface area contributed by atoms with Gasteiger partial charge >= 0.3 is 7.82 Å². The van der Waals surface area contributed by atoms with Crippen molar-refractivity contribution in [2.45, 2.75) is 443 Å². The number of unbranched alkanes of at least 4 members (excludes halogenated alkanes) is 59. The summed E-state index contributed by atoms with van der Waals surface area (Å²) >= 11 is 0. The van der Waals surface area contributed by atoms with Crippen LogP contribution in [0.3, 0.4) is 0 Å². The lowest BCUT2D eigenvalue weighted by molar-refractivity contribution is -0.870. The van der Waals surface area contributed by atoms with E-state index in [4.69, 9.17) is 9.05 Å². The van der Waals surface area contributed by atoms with Crippen LogP contribution < -0.4 is 5.32 Å². The molecule has 550 valence electrons. The maximum absolute atomic E-state index is 13.1. The molecule has 0 aliphatic carbocycles. The Bertz CT molecular complexity index is 1660. The minimum Gasteiger partial charge on any atom is -0.387 e. The average Bonchev–Trinajstić information content (AvgIpc) is 2.75. The summed E-state index contributed by atoms with van der Waals surface area (Å²) < 4.78 is 23.9. The van der Waals surface area contributed by atoms with Gasteiger partial charge in [0.2, 0.25) is 5.91 Å². The number of aliphatic hydroxyl groups is 1. The minimum absolute atomic E-state index is 0.0581. The molecular formula is C84H164N2O6P+. The summed E-state index contributed by atoms with van der Waals surface area (Å²) in [6.07, 6.45) is 103. The molecule has 0 aliphatic rings. The molecule has 0 fully saturated rings. The highest BCUT2D eigenvalue weighted by Crippen LogP contribution is 2.43. The zero-order valence-electron chi connectivity index (χ0n) is 63.3. The molecule has 3 atom stereocenters. The SMILES string of the molecule is CCCCCCC/C=C\C/C=C\CCCCCCCCCCCCCCCCCCCCCCCCCCCCCCCC(=O)NC(COP(=O)(O)OCC[N+](C)(C)C)C(O)/C=C/CC/C=C/CCCCCCCCCCCCCCCCCCCCCCCCCC. The number of carbonyl (C=O) groups is 1.